The van der Waals surface area contributed by atoms with Crippen molar-refractivity contribution in [1.82, 2.24) is 0 Å². The highest BCUT2D eigenvalue weighted by molar-refractivity contribution is 5.52. The molecule has 27 heavy (non-hydrogen) atoms. The maximum absolute atomic E-state index is 6.24. The van der Waals surface area contributed by atoms with Gasteiger partial charge in [-0.1, -0.05) is 88.0 Å². The Morgan fingerprint density at radius 2 is 1.74 bits per heavy atom. The molecule has 1 aliphatic rings. The lowest BCUT2D eigenvalue weighted by atomic mass is 9.76. The lowest BCUT2D eigenvalue weighted by Crippen LogP contribution is -2.30. The number of rotatable bonds is 5. The molecule has 3 rings (SSSR count). The Balaban J connectivity index is 1.92. The van der Waals surface area contributed by atoms with Crippen LogP contribution in [-0.2, 0) is 10.2 Å². The predicted molar refractivity (Wildman–Crippen MR) is 112 cm³/mol. The average Bonchev–Trinajstić information content (AvgIpc) is 2.64. The summed E-state index contributed by atoms with van der Waals surface area (Å²) >= 11 is 0. The van der Waals surface area contributed by atoms with Gasteiger partial charge in [-0.2, -0.15) is 0 Å². The molecule has 1 heterocycles. The fourth-order valence-electron chi connectivity index (χ4n) is 3.03. The molecule has 0 spiro atoms. The highest BCUT2D eigenvalue weighted by atomic mass is 16.5. The Hall–Kier alpha value is -2.74. The molecule has 1 atom stereocenters. The van der Waals surface area contributed by atoms with Crippen molar-refractivity contribution in [3.8, 4) is 5.75 Å². The van der Waals surface area contributed by atoms with Crippen molar-refractivity contribution in [2.75, 3.05) is 0 Å². The van der Waals surface area contributed by atoms with Gasteiger partial charge in [-0.15, -0.1) is 0 Å². The van der Waals surface area contributed by atoms with E-state index >= 15 is 0 Å². The summed E-state index contributed by atoms with van der Waals surface area (Å²) < 4.78 is 12.1. The minimum atomic E-state index is -0.325. The second kappa shape index (κ2) is 7.48. The lowest BCUT2D eigenvalue weighted by Gasteiger charge is -2.37. The van der Waals surface area contributed by atoms with Crippen LogP contribution in [0.25, 0.3) is 6.08 Å². The summed E-state index contributed by atoms with van der Waals surface area (Å²) in [5.74, 6) is 2.40. The minimum Gasteiger partial charge on any atom is -0.462 e. The van der Waals surface area contributed by atoms with Gasteiger partial charge in [-0.25, -0.2) is 0 Å². The topological polar surface area (TPSA) is 18.5 Å². The van der Waals surface area contributed by atoms with Crippen molar-refractivity contribution >= 4 is 6.08 Å². The molecule has 2 heteroatoms. The number of hydrogen-bond acceptors (Lipinski definition) is 2. The van der Waals surface area contributed by atoms with Gasteiger partial charge in [0.25, 0.3) is 0 Å². The first-order chi connectivity index (χ1) is 12.8. The fraction of sp³-hybridized carbons (Fsp3) is 0.280. The molecule has 0 amide bonds. The molecule has 0 fully saturated rings. The summed E-state index contributed by atoms with van der Waals surface area (Å²) in [6, 6.07) is 18.5. The summed E-state index contributed by atoms with van der Waals surface area (Å²) in [5, 5.41) is 0. The number of para-hydroxylation sites is 1. The van der Waals surface area contributed by atoms with Crippen molar-refractivity contribution < 1.29 is 9.47 Å². The van der Waals surface area contributed by atoms with Crippen molar-refractivity contribution in [2.24, 2.45) is 5.41 Å². The van der Waals surface area contributed by atoms with Crippen LogP contribution in [0.2, 0.25) is 0 Å². The normalized spacial score (nSPS) is 19.2. The van der Waals surface area contributed by atoms with Crippen LogP contribution < -0.4 is 4.74 Å². The van der Waals surface area contributed by atoms with Gasteiger partial charge < -0.3 is 9.47 Å². The van der Waals surface area contributed by atoms with Crippen LogP contribution in [0.5, 0.6) is 5.75 Å². The van der Waals surface area contributed by atoms with Gasteiger partial charge in [0.05, 0.1) is 5.41 Å². The molecule has 1 aliphatic heterocycles. The van der Waals surface area contributed by atoms with Crippen LogP contribution in [0.1, 0.15) is 45.2 Å². The van der Waals surface area contributed by atoms with E-state index in [-0.39, 0.29) is 10.8 Å². The van der Waals surface area contributed by atoms with E-state index in [1.807, 2.05) is 36.4 Å². The first kappa shape index (κ1) is 19.0. The predicted octanol–water partition coefficient (Wildman–Crippen LogP) is 6.86. The number of benzene rings is 2. The highest BCUT2D eigenvalue weighted by Crippen LogP contribution is 2.46. The third-order valence-electron chi connectivity index (χ3n) is 5.02. The summed E-state index contributed by atoms with van der Waals surface area (Å²) in [6.45, 7) is 12.6. The van der Waals surface area contributed by atoms with E-state index in [1.165, 1.54) is 5.56 Å². The molecule has 2 aromatic carbocycles. The summed E-state index contributed by atoms with van der Waals surface area (Å²) in [7, 11) is 0. The molecular weight excluding hydrogens is 332 g/mol. The highest BCUT2D eigenvalue weighted by Gasteiger charge is 2.39. The Morgan fingerprint density at radius 3 is 2.44 bits per heavy atom. The van der Waals surface area contributed by atoms with E-state index < -0.39 is 0 Å². The molecule has 0 saturated heterocycles. The van der Waals surface area contributed by atoms with Gasteiger partial charge in [0.1, 0.15) is 23.5 Å². The number of ether oxygens (including phenoxy) is 2. The van der Waals surface area contributed by atoms with Gasteiger partial charge in [0.15, 0.2) is 0 Å². The molecule has 0 saturated carbocycles. The van der Waals surface area contributed by atoms with Gasteiger partial charge in [-0.3, -0.25) is 0 Å². The number of fused-ring (bicyclic) bond motifs is 1. The molecule has 0 bridgehead atoms. The molecule has 2 aromatic rings. The van der Waals surface area contributed by atoms with E-state index in [0.29, 0.717) is 0 Å². The van der Waals surface area contributed by atoms with Crippen molar-refractivity contribution in [2.45, 2.75) is 39.5 Å². The van der Waals surface area contributed by atoms with Crippen LogP contribution in [-0.4, -0.2) is 0 Å². The smallest absolute Gasteiger partial charge is 0.149 e. The largest absolute Gasteiger partial charge is 0.462 e. The van der Waals surface area contributed by atoms with E-state index in [4.69, 9.17) is 9.47 Å². The van der Waals surface area contributed by atoms with E-state index in [9.17, 15) is 0 Å². The molecule has 0 aromatic heterocycles. The zero-order valence-electron chi connectivity index (χ0n) is 16.7. The molecule has 0 unspecified atom stereocenters. The van der Waals surface area contributed by atoms with Crippen molar-refractivity contribution in [3.05, 3.63) is 96.2 Å². The second-order valence-electron chi connectivity index (χ2n) is 8.22. The number of hydrogen-bond donors (Lipinski definition) is 0. The van der Waals surface area contributed by atoms with E-state index in [1.54, 1.807) is 6.26 Å². The Morgan fingerprint density at radius 1 is 1.07 bits per heavy atom. The third-order valence-corrected chi connectivity index (χ3v) is 5.02. The van der Waals surface area contributed by atoms with Gasteiger partial charge in [-0.05, 0) is 25.0 Å². The maximum atomic E-state index is 6.24. The van der Waals surface area contributed by atoms with Crippen LogP contribution in [0, 0.1) is 5.41 Å². The Kier molecular flexibility index (Phi) is 5.27. The zero-order chi connectivity index (χ0) is 19.5. The molecule has 0 N–H and O–H groups in total. The summed E-state index contributed by atoms with van der Waals surface area (Å²) in [6.07, 6.45) is 6.88. The third kappa shape index (κ3) is 4.16. The van der Waals surface area contributed by atoms with Crippen LogP contribution in [0.15, 0.2) is 85.0 Å². The molecule has 140 valence electrons. The first-order valence-electron chi connectivity index (χ1n) is 9.36. The summed E-state index contributed by atoms with van der Waals surface area (Å²) in [4.78, 5) is 0. The Bertz CT molecular complexity index is 869. The summed E-state index contributed by atoms with van der Waals surface area (Å²) in [5.41, 5.74) is 1.85. The molecule has 2 nitrogen and oxygen atoms in total. The number of allylic oxidation sites excluding steroid dienone is 3. The van der Waals surface area contributed by atoms with Crippen molar-refractivity contribution in [1.29, 1.82) is 0 Å². The van der Waals surface area contributed by atoms with Crippen LogP contribution in [0.3, 0.4) is 0 Å². The Labute approximate surface area is 162 Å². The van der Waals surface area contributed by atoms with Gasteiger partial charge in [0.2, 0.25) is 0 Å². The first-order valence-corrected chi connectivity index (χ1v) is 9.36. The molecule has 0 radical (unpaired) electrons. The standard InChI is InChI=1S/C25H28O2/c1-19(24(2,3)4)27-23-18-26-22-16-10-9-15-21(22)25(23,5)17-11-14-20-12-7-6-8-13-20/h6-16,18H,1,17H2,2-5H3/b14-11+/t25-/m0/s1. The monoisotopic (exact) mass is 360 g/mol. The van der Waals surface area contributed by atoms with Gasteiger partial charge >= 0.3 is 0 Å². The van der Waals surface area contributed by atoms with E-state index in [2.05, 4.69) is 64.6 Å². The zero-order valence-corrected chi connectivity index (χ0v) is 16.7. The average molecular weight is 360 g/mol. The quantitative estimate of drug-likeness (QED) is 0.542. The second-order valence-corrected chi connectivity index (χ2v) is 8.22. The minimum absolute atomic E-state index is 0.140. The maximum Gasteiger partial charge on any atom is 0.149 e. The molecule has 0 aliphatic carbocycles. The molecular formula is C25H28O2. The van der Waals surface area contributed by atoms with Crippen LogP contribution in [0.4, 0.5) is 0 Å². The van der Waals surface area contributed by atoms with Gasteiger partial charge in [0, 0.05) is 11.0 Å². The van der Waals surface area contributed by atoms with Crippen LogP contribution >= 0.6 is 0 Å². The fourth-order valence-corrected chi connectivity index (χ4v) is 3.03. The SMILES string of the molecule is C=C(OC1=COc2ccccc2[C@]1(C)C/C=C/c1ccccc1)C(C)(C)C. The van der Waals surface area contributed by atoms with Crippen molar-refractivity contribution in [3.63, 3.8) is 0 Å². The van der Waals surface area contributed by atoms with E-state index in [0.717, 1.165) is 29.3 Å². The lowest BCUT2D eigenvalue weighted by molar-refractivity contribution is 0.163.